The molecule has 1 aromatic heterocycles. The molecule has 32 heavy (non-hydrogen) atoms. The van der Waals surface area contributed by atoms with Gasteiger partial charge in [-0.15, -0.1) is 0 Å². The highest BCUT2D eigenvalue weighted by molar-refractivity contribution is 5.93. The Balaban J connectivity index is 1.55. The molecule has 0 radical (unpaired) electrons. The monoisotopic (exact) mass is 433 g/mol. The lowest BCUT2D eigenvalue weighted by Gasteiger charge is -2.22. The van der Waals surface area contributed by atoms with Crippen LogP contribution in [0.5, 0.6) is 5.75 Å². The molecule has 0 bridgehead atoms. The van der Waals surface area contributed by atoms with Gasteiger partial charge in [-0.3, -0.25) is 4.79 Å². The summed E-state index contributed by atoms with van der Waals surface area (Å²) in [6.45, 7) is 3.11. The minimum Gasteiger partial charge on any atom is -0.491 e. The fourth-order valence-electron chi connectivity index (χ4n) is 3.87. The molecule has 166 valence electrons. The van der Waals surface area contributed by atoms with Gasteiger partial charge in [0.15, 0.2) is 0 Å². The third-order valence-corrected chi connectivity index (χ3v) is 5.54. The van der Waals surface area contributed by atoms with E-state index in [0.29, 0.717) is 37.0 Å². The van der Waals surface area contributed by atoms with Crippen LogP contribution in [-0.4, -0.2) is 36.2 Å². The Labute approximate surface area is 187 Å². The molecule has 8 nitrogen and oxygen atoms in total. The summed E-state index contributed by atoms with van der Waals surface area (Å²) in [6.07, 6.45) is 2.01. The van der Waals surface area contributed by atoms with E-state index in [1.807, 2.05) is 48.5 Å². The van der Waals surface area contributed by atoms with E-state index < -0.39 is 0 Å². The molecule has 2 unspecified atom stereocenters. The second-order valence-electron chi connectivity index (χ2n) is 7.80. The number of nitrogens with zero attached hydrogens (tertiary/aromatic N) is 2. The second-order valence-corrected chi connectivity index (χ2v) is 7.80. The van der Waals surface area contributed by atoms with Crippen LogP contribution in [0.15, 0.2) is 54.7 Å². The lowest BCUT2D eigenvalue weighted by Crippen LogP contribution is -2.14. The zero-order valence-electron chi connectivity index (χ0n) is 18.2. The van der Waals surface area contributed by atoms with Crippen molar-refractivity contribution in [1.82, 2.24) is 9.97 Å². The summed E-state index contributed by atoms with van der Waals surface area (Å²) < 4.78 is 10.6. The van der Waals surface area contributed by atoms with Crippen LogP contribution in [0.2, 0.25) is 0 Å². The molecule has 8 heteroatoms. The third kappa shape index (κ3) is 4.97. The summed E-state index contributed by atoms with van der Waals surface area (Å²) in [6, 6.07) is 15.2. The summed E-state index contributed by atoms with van der Waals surface area (Å²) in [7, 11) is 1.64. The van der Waals surface area contributed by atoms with E-state index in [9.17, 15) is 4.79 Å². The van der Waals surface area contributed by atoms with Gasteiger partial charge in [0.25, 0.3) is 0 Å². The number of carbonyl (C=O) groups excluding carboxylic acids is 1. The third-order valence-electron chi connectivity index (χ3n) is 5.54. The summed E-state index contributed by atoms with van der Waals surface area (Å²) in [5, 5.41) is 6.17. The lowest BCUT2D eigenvalue weighted by molar-refractivity contribution is -0.116. The van der Waals surface area contributed by atoms with Crippen LogP contribution in [0.3, 0.4) is 0 Å². The Morgan fingerprint density at radius 2 is 2.00 bits per heavy atom. The predicted octanol–water partition coefficient (Wildman–Crippen LogP) is 4.06. The lowest BCUT2D eigenvalue weighted by atomic mass is 9.83. The van der Waals surface area contributed by atoms with Crippen LogP contribution in [0, 0.1) is 0 Å². The van der Waals surface area contributed by atoms with Gasteiger partial charge in [-0.05, 0) is 42.0 Å². The largest absolute Gasteiger partial charge is 0.491 e. The van der Waals surface area contributed by atoms with E-state index in [0.717, 1.165) is 22.7 Å². The summed E-state index contributed by atoms with van der Waals surface area (Å²) in [4.78, 5) is 21.7. The van der Waals surface area contributed by atoms with E-state index in [1.54, 1.807) is 13.3 Å². The average Bonchev–Trinajstić information content (AvgIpc) is 2.91. The van der Waals surface area contributed by atoms with Crippen LogP contribution in [0.25, 0.3) is 0 Å². The van der Waals surface area contributed by atoms with Crippen molar-refractivity contribution in [3.8, 4) is 5.75 Å². The van der Waals surface area contributed by atoms with Crippen LogP contribution in [0.1, 0.15) is 36.4 Å². The number of amides is 1. The molecule has 4 rings (SSSR count). The average molecular weight is 434 g/mol. The van der Waals surface area contributed by atoms with Crippen LogP contribution in [0.4, 0.5) is 23.0 Å². The number of nitrogen functional groups attached to an aromatic ring is 1. The standard InChI is InChI=1S/C24H27N5O3/c1-15-20(16-4-3-5-17(25)12-16)13-22(30)28-21-14-26-24(29-23(15)21)27-18-6-8-19(9-7-18)32-11-10-31-2/h3-9,12,14-15,20H,10-11,13,25H2,1-2H3,(H,28,30)(H,26,27,29). The van der Waals surface area contributed by atoms with Gasteiger partial charge in [-0.25, -0.2) is 9.97 Å². The molecule has 1 aliphatic rings. The quantitative estimate of drug-likeness (QED) is 0.381. The predicted molar refractivity (Wildman–Crippen MR) is 124 cm³/mol. The van der Waals surface area contributed by atoms with Crippen molar-refractivity contribution in [2.45, 2.75) is 25.2 Å². The normalized spacial score (nSPS) is 17.8. The number of methoxy groups -OCH3 is 1. The molecule has 1 amide bonds. The zero-order chi connectivity index (χ0) is 22.5. The molecule has 0 spiro atoms. The topological polar surface area (TPSA) is 111 Å². The van der Waals surface area contributed by atoms with Crippen LogP contribution >= 0.6 is 0 Å². The van der Waals surface area contributed by atoms with E-state index in [4.69, 9.17) is 20.2 Å². The van der Waals surface area contributed by atoms with Crippen molar-refractivity contribution < 1.29 is 14.3 Å². The van der Waals surface area contributed by atoms with Gasteiger partial charge in [-0.2, -0.15) is 0 Å². The molecule has 0 saturated carbocycles. The molecule has 3 aromatic rings. The number of fused-ring (bicyclic) bond motifs is 1. The second kappa shape index (κ2) is 9.65. The first kappa shape index (κ1) is 21.6. The molecule has 1 aliphatic heterocycles. The van der Waals surface area contributed by atoms with Crippen molar-refractivity contribution in [2.75, 3.05) is 36.7 Å². The van der Waals surface area contributed by atoms with Crippen molar-refractivity contribution in [3.05, 3.63) is 66.0 Å². The number of carbonyl (C=O) groups is 1. The van der Waals surface area contributed by atoms with Gasteiger partial charge in [0.1, 0.15) is 12.4 Å². The first-order valence-electron chi connectivity index (χ1n) is 10.5. The number of rotatable bonds is 7. The van der Waals surface area contributed by atoms with Gasteiger partial charge in [-0.1, -0.05) is 19.1 Å². The van der Waals surface area contributed by atoms with E-state index in [2.05, 4.69) is 22.5 Å². The number of aromatic nitrogens is 2. The molecule has 0 fully saturated rings. The Morgan fingerprint density at radius 3 is 2.75 bits per heavy atom. The van der Waals surface area contributed by atoms with Gasteiger partial charge in [0.2, 0.25) is 11.9 Å². The molecule has 2 heterocycles. The van der Waals surface area contributed by atoms with E-state index in [1.165, 1.54) is 0 Å². The molecular formula is C24H27N5O3. The number of hydrogen-bond acceptors (Lipinski definition) is 7. The SMILES string of the molecule is COCCOc1ccc(Nc2ncc3c(n2)C(C)C(c2cccc(N)c2)CC(=O)N3)cc1. The molecular weight excluding hydrogens is 406 g/mol. The van der Waals surface area contributed by atoms with E-state index in [-0.39, 0.29) is 17.7 Å². The Bertz CT molecular complexity index is 1090. The molecule has 2 atom stereocenters. The van der Waals surface area contributed by atoms with E-state index >= 15 is 0 Å². The number of nitrogens with two attached hydrogens (primary N) is 1. The van der Waals surface area contributed by atoms with Crippen molar-refractivity contribution >= 4 is 28.9 Å². The van der Waals surface area contributed by atoms with Crippen LogP contribution < -0.4 is 21.1 Å². The number of ether oxygens (including phenoxy) is 2. The molecule has 0 saturated heterocycles. The van der Waals surface area contributed by atoms with Gasteiger partial charge < -0.3 is 25.8 Å². The van der Waals surface area contributed by atoms with Crippen LogP contribution in [-0.2, 0) is 9.53 Å². The van der Waals surface area contributed by atoms with Crippen molar-refractivity contribution in [2.24, 2.45) is 0 Å². The highest BCUT2D eigenvalue weighted by atomic mass is 16.5. The molecule has 4 N–H and O–H groups in total. The highest BCUT2D eigenvalue weighted by Gasteiger charge is 2.31. The minimum absolute atomic E-state index is 0.00846. The summed E-state index contributed by atoms with van der Waals surface area (Å²) >= 11 is 0. The smallest absolute Gasteiger partial charge is 0.227 e. The van der Waals surface area contributed by atoms with Gasteiger partial charge >= 0.3 is 0 Å². The Hall–Kier alpha value is -3.65. The molecule has 0 aliphatic carbocycles. The van der Waals surface area contributed by atoms with Crippen molar-refractivity contribution in [1.29, 1.82) is 0 Å². The number of hydrogen-bond donors (Lipinski definition) is 3. The van der Waals surface area contributed by atoms with Gasteiger partial charge in [0, 0.05) is 36.7 Å². The maximum absolute atomic E-state index is 12.5. The Kier molecular flexibility index (Phi) is 6.51. The fraction of sp³-hybridized carbons (Fsp3) is 0.292. The fourth-order valence-corrected chi connectivity index (χ4v) is 3.87. The summed E-state index contributed by atoms with van der Waals surface area (Å²) in [5.74, 6) is 1.12. The maximum atomic E-state index is 12.5. The highest BCUT2D eigenvalue weighted by Crippen LogP contribution is 2.40. The number of nitrogens with one attached hydrogen (secondary N) is 2. The van der Waals surface area contributed by atoms with Gasteiger partial charge in [0.05, 0.1) is 24.2 Å². The minimum atomic E-state index is -0.0589. The Morgan fingerprint density at radius 1 is 1.19 bits per heavy atom. The maximum Gasteiger partial charge on any atom is 0.227 e. The number of anilines is 4. The first-order chi connectivity index (χ1) is 15.5. The number of benzene rings is 2. The summed E-state index contributed by atoms with van der Waals surface area (Å²) in [5.41, 5.74) is 9.95. The van der Waals surface area contributed by atoms with Crippen molar-refractivity contribution in [3.63, 3.8) is 0 Å². The first-order valence-corrected chi connectivity index (χ1v) is 10.5. The molecule has 2 aromatic carbocycles. The zero-order valence-corrected chi connectivity index (χ0v) is 18.2.